The molecule has 1 saturated heterocycles. The van der Waals surface area contributed by atoms with Crippen molar-refractivity contribution in [3.63, 3.8) is 0 Å². The Labute approximate surface area is 92.4 Å². The third-order valence-electron chi connectivity index (χ3n) is 3.13. The van der Waals surface area contributed by atoms with Gasteiger partial charge in [0.1, 0.15) is 0 Å². The highest BCUT2D eigenvalue weighted by molar-refractivity contribution is 6.45. The first-order valence-electron chi connectivity index (χ1n) is 5.31. The van der Waals surface area contributed by atoms with Crippen LogP contribution in [-0.4, -0.2) is 24.2 Å². The van der Waals surface area contributed by atoms with E-state index in [1.54, 1.807) is 0 Å². The van der Waals surface area contributed by atoms with Crippen LogP contribution in [0.5, 0.6) is 0 Å². The first-order chi connectivity index (χ1) is 6.39. The SMILES string of the molecule is CC1(C)OB(CCCCCl)OC1(C)C. The van der Waals surface area contributed by atoms with Crippen LogP contribution in [-0.2, 0) is 9.31 Å². The summed E-state index contributed by atoms with van der Waals surface area (Å²) in [5, 5.41) is 0. The molecule has 1 fully saturated rings. The summed E-state index contributed by atoms with van der Waals surface area (Å²) in [6.07, 6.45) is 3.05. The van der Waals surface area contributed by atoms with Gasteiger partial charge < -0.3 is 9.31 Å². The van der Waals surface area contributed by atoms with E-state index in [4.69, 9.17) is 20.9 Å². The van der Waals surface area contributed by atoms with Crippen LogP contribution in [0.2, 0.25) is 6.32 Å². The lowest BCUT2D eigenvalue weighted by Crippen LogP contribution is -2.41. The lowest BCUT2D eigenvalue weighted by Gasteiger charge is -2.32. The molecule has 0 aromatic carbocycles. The topological polar surface area (TPSA) is 18.5 Å². The minimum Gasteiger partial charge on any atom is -0.403 e. The molecular weight excluding hydrogens is 198 g/mol. The van der Waals surface area contributed by atoms with Gasteiger partial charge >= 0.3 is 7.12 Å². The largest absolute Gasteiger partial charge is 0.457 e. The first kappa shape index (κ1) is 12.3. The Morgan fingerprint density at radius 3 is 1.93 bits per heavy atom. The molecule has 0 bridgehead atoms. The molecule has 14 heavy (non-hydrogen) atoms. The van der Waals surface area contributed by atoms with Gasteiger partial charge in [0, 0.05) is 5.88 Å². The molecule has 0 aliphatic carbocycles. The molecule has 1 aliphatic rings. The Balaban J connectivity index is 2.39. The van der Waals surface area contributed by atoms with Gasteiger partial charge in [-0.15, -0.1) is 11.6 Å². The zero-order valence-electron chi connectivity index (χ0n) is 9.60. The van der Waals surface area contributed by atoms with Crippen LogP contribution >= 0.6 is 11.6 Å². The van der Waals surface area contributed by atoms with Gasteiger partial charge in [0.05, 0.1) is 11.2 Å². The first-order valence-corrected chi connectivity index (χ1v) is 5.84. The van der Waals surface area contributed by atoms with Gasteiger partial charge in [-0.05, 0) is 40.4 Å². The van der Waals surface area contributed by atoms with Gasteiger partial charge in [0.25, 0.3) is 0 Å². The molecule has 0 spiro atoms. The molecule has 4 heteroatoms. The molecular formula is C10H20BClO2. The van der Waals surface area contributed by atoms with E-state index in [1.165, 1.54) is 0 Å². The summed E-state index contributed by atoms with van der Waals surface area (Å²) in [5.41, 5.74) is -0.392. The number of hydrogen-bond donors (Lipinski definition) is 0. The maximum atomic E-state index is 5.85. The standard InChI is InChI=1S/C10H20BClO2/c1-9(2)10(3,4)14-11(13-9)7-5-6-8-12/h5-8H2,1-4H3. The summed E-state index contributed by atoms with van der Waals surface area (Å²) in [6.45, 7) is 8.31. The zero-order chi connectivity index (χ0) is 10.8. The maximum absolute atomic E-state index is 5.85. The molecule has 0 amide bonds. The van der Waals surface area contributed by atoms with E-state index in [0.717, 1.165) is 25.0 Å². The van der Waals surface area contributed by atoms with Crippen LogP contribution in [0.25, 0.3) is 0 Å². The van der Waals surface area contributed by atoms with Crippen LogP contribution in [0.1, 0.15) is 40.5 Å². The Morgan fingerprint density at radius 1 is 1.00 bits per heavy atom. The Kier molecular flexibility index (Phi) is 3.90. The number of hydrogen-bond acceptors (Lipinski definition) is 2. The number of halogens is 1. The van der Waals surface area contributed by atoms with Crippen molar-refractivity contribution in [1.82, 2.24) is 0 Å². The summed E-state index contributed by atoms with van der Waals surface area (Å²) in [7, 11) is -0.0526. The normalized spacial score (nSPS) is 24.2. The van der Waals surface area contributed by atoms with Crippen LogP contribution in [0.4, 0.5) is 0 Å². The van der Waals surface area contributed by atoms with Gasteiger partial charge in [0.15, 0.2) is 0 Å². The summed E-state index contributed by atoms with van der Waals surface area (Å²) in [5.74, 6) is 0.722. The quantitative estimate of drug-likeness (QED) is 0.410. The van der Waals surface area contributed by atoms with Crippen molar-refractivity contribution in [3.05, 3.63) is 0 Å². The summed E-state index contributed by atoms with van der Waals surface area (Å²) in [4.78, 5) is 0. The molecule has 0 atom stereocenters. The lowest BCUT2D eigenvalue weighted by molar-refractivity contribution is 0.00578. The van der Waals surface area contributed by atoms with E-state index in [-0.39, 0.29) is 18.3 Å². The molecule has 0 aromatic heterocycles. The maximum Gasteiger partial charge on any atom is 0.457 e. The molecule has 0 saturated carbocycles. The minimum absolute atomic E-state index is 0.0526. The van der Waals surface area contributed by atoms with Crippen molar-refractivity contribution < 1.29 is 9.31 Å². The predicted octanol–water partition coefficient (Wildman–Crippen LogP) is 3.10. The molecule has 0 radical (unpaired) electrons. The monoisotopic (exact) mass is 218 g/mol. The number of rotatable bonds is 4. The molecule has 1 rings (SSSR count). The second kappa shape index (κ2) is 4.42. The molecule has 0 unspecified atom stereocenters. The van der Waals surface area contributed by atoms with Gasteiger partial charge in [-0.3, -0.25) is 0 Å². The van der Waals surface area contributed by atoms with Crippen molar-refractivity contribution in [2.45, 2.75) is 58.1 Å². The van der Waals surface area contributed by atoms with E-state index < -0.39 is 0 Å². The van der Waals surface area contributed by atoms with E-state index in [1.807, 2.05) is 0 Å². The van der Waals surface area contributed by atoms with Crippen LogP contribution in [0.15, 0.2) is 0 Å². The van der Waals surface area contributed by atoms with E-state index in [9.17, 15) is 0 Å². The van der Waals surface area contributed by atoms with E-state index >= 15 is 0 Å². The second-order valence-electron chi connectivity index (χ2n) is 4.87. The van der Waals surface area contributed by atoms with Gasteiger partial charge in [-0.2, -0.15) is 0 Å². The van der Waals surface area contributed by atoms with E-state index in [2.05, 4.69) is 27.7 Å². The Hall–Kier alpha value is 0.275. The lowest BCUT2D eigenvalue weighted by atomic mass is 9.82. The zero-order valence-corrected chi connectivity index (χ0v) is 10.4. The van der Waals surface area contributed by atoms with Crippen molar-refractivity contribution >= 4 is 18.7 Å². The highest BCUT2D eigenvalue weighted by Crippen LogP contribution is 2.37. The average Bonchev–Trinajstić information content (AvgIpc) is 2.21. The highest BCUT2D eigenvalue weighted by atomic mass is 35.5. The number of unbranched alkanes of at least 4 members (excludes halogenated alkanes) is 1. The smallest absolute Gasteiger partial charge is 0.403 e. The average molecular weight is 219 g/mol. The van der Waals surface area contributed by atoms with Crippen molar-refractivity contribution in [2.24, 2.45) is 0 Å². The molecule has 1 heterocycles. The van der Waals surface area contributed by atoms with Crippen LogP contribution in [0.3, 0.4) is 0 Å². The highest BCUT2D eigenvalue weighted by Gasteiger charge is 2.50. The summed E-state index contributed by atoms with van der Waals surface area (Å²) < 4.78 is 11.7. The summed E-state index contributed by atoms with van der Waals surface area (Å²) >= 11 is 5.62. The van der Waals surface area contributed by atoms with Crippen molar-refractivity contribution in [1.29, 1.82) is 0 Å². The third-order valence-corrected chi connectivity index (χ3v) is 3.39. The fourth-order valence-electron chi connectivity index (χ4n) is 1.49. The Morgan fingerprint density at radius 2 is 1.50 bits per heavy atom. The molecule has 0 aromatic rings. The summed E-state index contributed by atoms with van der Waals surface area (Å²) in [6, 6.07) is 0. The van der Waals surface area contributed by atoms with Crippen molar-refractivity contribution in [2.75, 3.05) is 5.88 Å². The third kappa shape index (κ3) is 2.65. The predicted molar refractivity (Wildman–Crippen MR) is 60.8 cm³/mol. The van der Waals surface area contributed by atoms with Gasteiger partial charge in [-0.1, -0.05) is 6.42 Å². The van der Waals surface area contributed by atoms with Gasteiger partial charge in [-0.25, -0.2) is 0 Å². The molecule has 0 N–H and O–H groups in total. The fourth-order valence-corrected chi connectivity index (χ4v) is 1.68. The molecule has 82 valence electrons. The minimum atomic E-state index is -0.196. The molecule has 2 nitrogen and oxygen atoms in total. The van der Waals surface area contributed by atoms with E-state index in [0.29, 0.717) is 0 Å². The molecule has 1 aliphatic heterocycles. The van der Waals surface area contributed by atoms with Crippen LogP contribution < -0.4 is 0 Å². The second-order valence-corrected chi connectivity index (χ2v) is 5.25. The van der Waals surface area contributed by atoms with Crippen molar-refractivity contribution in [3.8, 4) is 0 Å². The number of alkyl halides is 1. The fraction of sp³-hybridized carbons (Fsp3) is 1.00. The van der Waals surface area contributed by atoms with Gasteiger partial charge in [0.2, 0.25) is 0 Å². The Bertz CT molecular complexity index is 179. The van der Waals surface area contributed by atoms with Crippen LogP contribution in [0, 0.1) is 0 Å².